The maximum absolute atomic E-state index is 12.9. The van der Waals surface area contributed by atoms with Gasteiger partial charge in [-0.25, -0.2) is 9.50 Å². The maximum atomic E-state index is 12.9. The molecule has 2 heterocycles. The third-order valence-electron chi connectivity index (χ3n) is 4.59. The standard InChI is InChI=1S/C22H19ClN4O/c1-15-7-9-16(10-8-15)13-18(17-5-3-2-4-6-17)25-22(28)19-14-27-21(24-19)12-11-20(23)26-27/h2-12,14,18H,13H2,1H3,(H,25,28)/t18-/m0/s1. The van der Waals surface area contributed by atoms with Crippen molar-refractivity contribution >= 4 is 23.2 Å². The van der Waals surface area contributed by atoms with Crippen LogP contribution in [0.5, 0.6) is 0 Å². The highest BCUT2D eigenvalue weighted by Crippen LogP contribution is 2.20. The number of imidazole rings is 1. The van der Waals surface area contributed by atoms with Crippen LogP contribution in [0, 0.1) is 6.92 Å². The van der Waals surface area contributed by atoms with Gasteiger partial charge in [-0.2, -0.15) is 5.10 Å². The van der Waals surface area contributed by atoms with Crippen molar-refractivity contribution in [3.05, 3.63) is 100 Å². The van der Waals surface area contributed by atoms with Gasteiger partial charge in [-0.15, -0.1) is 0 Å². The SMILES string of the molecule is Cc1ccc(C[C@H](NC(=O)c2cn3nc(Cl)ccc3n2)c2ccccc2)cc1. The molecule has 2 aromatic carbocycles. The second-order valence-corrected chi connectivity index (χ2v) is 7.10. The predicted octanol–water partition coefficient (Wildman–Crippen LogP) is 4.40. The van der Waals surface area contributed by atoms with Crippen LogP contribution >= 0.6 is 11.6 Å². The van der Waals surface area contributed by atoms with Gasteiger partial charge >= 0.3 is 0 Å². The molecule has 4 aromatic rings. The van der Waals surface area contributed by atoms with Crippen molar-refractivity contribution in [2.75, 3.05) is 0 Å². The number of hydrogen-bond acceptors (Lipinski definition) is 3. The monoisotopic (exact) mass is 390 g/mol. The molecule has 1 N–H and O–H groups in total. The van der Waals surface area contributed by atoms with E-state index >= 15 is 0 Å². The lowest BCUT2D eigenvalue weighted by Crippen LogP contribution is -2.30. The zero-order chi connectivity index (χ0) is 19.5. The molecular formula is C22H19ClN4O. The topological polar surface area (TPSA) is 59.3 Å². The zero-order valence-electron chi connectivity index (χ0n) is 15.3. The first-order valence-corrected chi connectivity index (χ1v) is 9.39. The molecule has 5 nitrogen and oxygen atoms in total. The van der Waals surface area contributed by atoms with Crippen LogP contribution in [-0.4, -0.2) is 20.5 Å². The summed E-state index contributed by atoms with van der Waals surface area (Å²) in [6.07, 6.45) is 2.28. The molecule has 4 rings (SSSR count). The van der Waals surface area contributed by atoms with E-state index in [0.717, 1.165) is 11.1 Å². The van der Waals surface area contributed by atoms with Crippen molar-refractivity contribution in [3.8, 4) is 0 Å². The summed E-state index contributed by atoms with van der Waals surface area (Å²) >= 11 is 5.91. The zero-order valence-corrected chi connectivity index (χ0v) is 16.1. The molecule has 1 atom stereocenters. The van der Waals surface area contributed by atoms with Gasteiger partial charge < -0.3 is 5.32 Å². The van der Waals surface area contributed by atoms with E-state index < -0.39 is 0 Å². The first-order valence-electron chi connectivity index (χ1n) is 9.02. The smallest absolute Gasteiger partial charge is 0.272 e. The van der Waals surface area contributed by atoms with Crippen LogP contribution in [0.2, 0.25) is 5.15 Å². The Kier molecular flexibility index (Phi) is 5.08. The second-order valence-electron chi connectivity index (χ2n) is 6.71. The van der Waals surface area contributed by atoms with Gasteiger partial charge in [0, 0.05) is 0 Å². The minimum Gasteiger partial charge on any atom is -0.344 e. The van der Waals surface area contributed by atoms with E-state index in [-0.39, 0.29) is 11.9 Å². The summed E-state index contributed by atoms with van der Waals surface area (Å²) in [5.74, 6) is -0.248. The normalized spacial score (nSPS) is 12.1. The van der Waals surface area contributed by atoms with Crippen LogP contribution in [0.25, 0.3) is 5.65 Å². The van der Waals surface area contributed by atoms with Crippen LogP contribution in [0.4, 0.5) is 0 Å². The second kappa shape index (κ2) is 7.82. The molecule has 0 radical (unpaired) electrons. The van der Waals surface area contributed by atoms with Crippen molar-refractivity contribution in [3.63, 3.8) is 0 Å². The van der Waals surface area contributed by atoms with E-state index in [2.05, 4.69) is 46.6 Å². The summed E-state index contributed by atoms with van der Waals surface area (Å²) in [4.78, 5) is 17.2. The first-order chi connectivity index (χ1) is 13.6. The number of halogens is 1. The van der Waals surface area contributed by atoms with Crippen LogP contribution in [0.1, 0.15) is 33.2 Å². The Morgan fingerprint density at radius 1 is 1.07 bits per heavy atom. The number of carbonyl (C=O) groups excluding carboxylic acids is 1. The summed E-state index contributed by atoms with van der Waals surface area (Å²) < 4.78 is 1.51. The fourth-order valence-electron chi connectivity index (χ4n) is 3.10. The van der Waals surface area contributed by atoms with E-state index in [1.165, 1.54) is 10.1 Å². The number of aromatic nitrogens is 3. The van der Waals surface area contributed by atoms with E-state index in [1.54, 1.807) is 18.3 Å². The highest BCUT2D eigenvalue weighted by molar-refractivity contribution is 6.29. The van der Waals surface area contributed by atoms with Gasteiger partial charge in [0.15, 0.2) is 5.65 Å². The van der Waals surface area contributed by atoms with Gasteiger partial charge in [0.05, 0.1) is 12.2 Å². The number of benzene rings is 2. The molecule has 0 aliphatic rings. The number of carbonyl (C=O) groups is 1. The average Bonchev–Trinajstić information content (AvgIpc) is 3.13. The van der Waals surface area contributed by atoms with Crippen molar-refractivity contribution in [1.29, 1.82) is 0 Å². The highest BCUT2D eigenvalue weighted by atomic mass is 35.5. The molecule has 0 spiro atoms. The fourth-order valence-corrected chi connectivity index (χ4v) is 3.24. The lowest BCUT2D eigenvalue weighted by atomic mass is 9.98. The Balaban J connectivity index is 1.60. The third-order valence-corrected chi connectivity index (χ3v) is 4.79. The number of nitrogens with one attached hydrogen (secondary N) is 1. The van der Waals surface area contributed by atoms with Gasteiger partial charge in [0.1, 0.15) is 10.8 Å². The van der Waals surface area contributed by atoms with E-state index in [9.17, 15) is 4.79 Å². The predicted molar refractivity (Wildman–Crippen MR) is 110 cm³/mol. The van der Waals surface area contributed by atoms with Crippen LogP contribution in [0.3, 0.4) is 0 Å². The molecule has 0 aliphatic heterocycles. The molecule has 0 fully saturated rings. The van der Waals surface area contributed by atoms with Gasteiger partial charge in [-0.05, 0) is 36.6 Å². The molecule has 2 aromatic heterocycles. The fraction of sp³-hybridized carbons (Fsp3) is 0.136. The summed E-state index contributed by atoms with van der Waals surface area (Å²) in [5.41, 5.74) is 4.29. The summed E-state index contributed by atoms with van der Waals surface area (Å²) in [7, 11) is 0. The average molecular weight is 391 g/mol. The summed E-state index contributed by atoms with van der Waals surface area (Å²) in [5, 5.41) is 7.59. The Hall–Kier alpha value is -3.18. The Bertz CT molecular complexity index is 1110. The van der Waals surface area contributed by atoms with Crippen molar-refractivity contribution < 1.29 is 4.79 Å². The highest BCUT2D eigenvalue weighted by Gasteiger charge is 2.19. The van der Waals surface area contributed by atoms with Crippen molar-refractivity contribution in [1.82, 2.24) is 19.9 Å². The number of hydrogen-bond donors (Lipinski definition) is 1. The molecule has 0 aliphatic carbocycles. The molecule has 28 heavy (non-hydrogen) atoms. The molecule has 0 unspecified atom stereocenters. The third kappa shape index (κ3) is 4.05. The lowest BCUT2D eigenvalue weighted by molar-refractivity contribution is 0.0932. The van der Waals surface area contributed by atoms with Crippen molar-refractivity contribution in [2.24, 2.45) is 0 Å². The molecule has 140 valence electrons. The Morgan fingerprint density at radius 2 is 1.82 bits per heavy atom. The largest absolute Gasteiger partial charge is 0.344 e. The number of rotatable bonds is 5. The van der Waals surface area contributed by atoms with Gasteiger partial charge in [0.25, 0.3) is 5.91 Å². The van der Waals surface area contributed by atoms with E-state index in [1.807, 2.05) is 30.3 Å². The number of aryl methyl sites for hydroxylation is 1. The van der Waals surface area contributed by atoms with Crippen molar-refractivity contribution in [2.45, 2.75) is 19.4 Å². The molecule has 0 saturated carbocycles. The number of fused-ring (bicyclic) bond motifs is 1. The molecule has 0 saturated heterocycles. The minimum atomic E-state index is -0.248. The van der Waals surface area contributed by atoms with Gasteiger partial charge in [-0.3, -0.25) is 4.79 Å². The summed E-state index contributed by atoms with van der Waals surface area (Å²) in [6, 6.07) is 21.5. The summed E-state index contributed by atoms with van der Waals surface area (Å²) in [6.45, 7) is 2.06. The quantitative estimate of drug-likeness (QED) is 0.549. The minimum absolute atomic E-state index is 0.169. The maximum Gasteiger partial charge on any atom is 0.272 e. The lowest BCUT2D eigenvalue weighted by Gasteiger charge is -2.19. The Morgan fingerprint density at radius 3 is 2.57 bits per heavy atom. The molecule has 0 bridgehead atoms. The van der Waals surface area contributed by atoms with Gasteiger partial charge in [0.2, 0.25) is 0 Å². The number of amides is 1. The van der Waals surface area contributed by atoms with Crippen LogP contribution < -0.4 is 5.32 Å². The van der Waals surface area contributed by atoms with Crippen LogP contribution in [0.15, 0.2) is 72.9 Å². The van der Waals surface area contributed by atoms with Crippen LogP contribution in [-0.2, 0) is 6.42 Å². The first kappa shape index (κ1) is 18.2. The van der Waals surface area contributed by atoms with E-state index in [4.69, 9.17) is 11.6 Å². The van der Waals surface area contributed by atoms with E-state index in [0.29, 0.717) is 22.9 Å². The number of nitrogens with zero attached hydrogens (tertiary/aromatic N) is 3. The van der Waals surface area contributed by atoms with Gasteiger partial charge in [-0.1, -0.05) is 71.8 Å². The molecule has 6 heteroatoms. The Labute approximate surface area is 168 Å². The molecule has 1 amide bonds. The molecular weight excluding hydrogens is 372 g/mol.